The number of carbonyl (C=O) groups is 4. The summed E-state index contributed by atoms with van der Waals surface area (Å²) in [5.41, 5.74) is 5.76. The van der Waals surface area contributed by atoms with Gasteiger partial charge in [0.2, 0.25) is 17.7 Å². The van der Waals surface area contributed by atoms with Crippen LogP contribution in [0.4, 0.5) is 0 Å². The lowest BCUT2D eigenvalue weighted by molar-refractivity contribution is -0.148. The molecule has 0 spiro atoms. The normalized spacial score (nSPS) is 18.9. The van der Waals surface area contributed by atoms with Crippen molar-refractivity contribution in [2.75, 3.05) is 30.9 Å². The minimum absolute atomic E-state index is 0.0441. The van der Waals surface area contributed by atoms with Crippen LogP contribution < -0.4 is 16.4 Å². The number of aliphatic carboxylic acids is 1. The Balaban J connectivity index is 2.50. The summed E-state index contributed by atoms with van der Waals surface area (Å²) in [6, 6.07) is -2.50. The van der Waals surface area contributed by atoms with Gasteiger partial charge in [0.05, 0.1) is 12.6 Å². The van der Waals surface area contributed by atoms with Crippen molar-refractivity contribution < 1.29 is 24.3 Å². The molecule has 26 heavy (non-hydrogen) atoms. The number of amides is 3. The Hall–Kier alpha value is -1.46. The fraction of sp³-hybridized carbons (Fsp3) is 0.733. The van der Waals surface area contributed by atoms with Crippen LogP contribution in [0, 0.1) is 0 Å². The SMILES string of the molecule is CSCCC(N)C(=O)NC(CS)C(=O)NCC(=O)N1CCCC1C(=O)O. The smallest absolute Gasteiger partial charge is 0.326 e. The van der Waals surface area contributed by atoms with E-state index in [0.717, 1.165) is 5.75 Å². The van der Waals surface area contributed by atoms with E-state index in [0.29, 0.717) is 25.8 Å². The highest BCUT2D eigenvalue weighted by atomic mass is 32.2. The summed E-state index contributed by atoms with van der Waals surface area (Å²) in [7, 11) is 0. The highest BCUT2D eigenvalue weighted by molar-refractivity contribution is 7.98. The number of nitrogens with two attached hydrogens (primary N) is 1. The van der Waals surface area contributed by atoms with Gasteiger partial charge in [0.25, 0.3) is 0 Å². The van der Waals surface area contributed by atoms with Crippen molar-refractivity contribution in [3.05, 3.63) is 0 Å². The van der Waals surface area contributed by atoms with E-state index in [4.69, 9.17) is 10.8 Å². The third-order valence-electron chi connectivity index (χ3n) is 4.06. The second-order valence-electron chi connectivity index (χ2n) is 5.93. The van der Waals surface area contributed by atoms with Crippen molar-refractivity contribution in [3.8, 4) is 0 Å². The molecular formula is C15H26N4O5S2. The maximum atomic E-state index is 12.2. The van der Waals surface area contributed by atoms with E-state index in [-0.39, 0.29) is 12.3 Å². The fourth-order valence-corrected chi connectivity index (χ4v) is 3.30. The number of hydrogen-bond acceptors (Lipinski definition) is 7. The average molecular weight is 407 g/mol. The molecule has 11 heteroatoms. The van der Waals surface area contributed by atoms with Crippen LogP contribution in [0.3, 0.4) is 0 Å². The van der Waals surface area contributed by atoms with Gasteiger partial charge in [-0.05, 0) is 31.3 Å². The van der Waals surface area contributed by atoms with Crippen LogP contribution in [0.2, 0.25) is 0 Å². The molecule has 0 aromatic rings. The van der Waals surface area contributed by atoms with E-state index in [1.807, 2.05) is 6.26 Å². The molecule has 1 heterocycles. The lowest BCUT2D eigenvalue weighted by atomic mass is 10.2. The zero-order valence-electron chi connectivity index (χ0n) is 14.6. The lowest BCUT2D eigenvalue weighted by Crippen LogP contribution is -2.54. The van der Waals surface area contributed by atoms with E-state index in [1.165, 1.54) is 4.90 Å². The zero-order valence-corrected chi connectivity index (χ0v) is 16.4. The number of carbonyl (C=O) groups excluding carboxylic acids is 3. The second-order valence-corrected chi connectivity index (χ2v) is 7.28. The van der Waals surface area contributed by atoms with E-state index in [9.17, 15) is 19.2 Å². The number of likely N-dealkylation sites (tertiary alicyclic amines) is 1. The summed E-state index contributed by atoms with van der Waals surface area (Å²) in [5.74, 6) is -1.77. The number of carboxylic acids is 1. The van der Waals surface area contributed by atoms with Gasteiger partial charge in [-0.1, -0.05) is 0 Å². The molecule has 0 radical (unpaired) electrons. The van der Waals surface area contributed by atoms with Crippen molar-refractivity contribution in [3.63, 3.8) is 0 Å². The van der Waals surface area contributed by atoms with E-state index in [2.05, 4.69) is 23.3 Å². The molecule has 3 unspecified atom stereocenters. The Morgan fingerprint density at radius 1 is 1.35 bits per heavy atom. The van der Waals surface area contributed by atoms with Gasteiger partial charge >= 0.3 is 5.97 Å². The van der Waals surface area contributed by atoms with Gasteiger partial charge in [0, 0.05) is 12.3 Å². The summed E-state index contributed by atoms with van der Waals surface area (Å²) in [6.07, 6.45) is 3.40. The first-order chi connectivity index (χ1) is 12.3. The second kappa shape index (κ2) is 11.3. The summed E-state index contributed by atoms with van der Waals surface area (Å²) in [4.78, 5) is 48.7. The van der Waals surface area contributed by atoms with E-state index in [1.54, 1.807) is 11.8 Å². The number of rotatable bonds is 10. The molecule has 0 aliphatic carbocycles. The van der Waals surface area contributed by atoms with Gasteiger partial charge in [-0.2, -0.15) is 24.4 Å². The quantitative estimate of drug-likeness (QED) is 0.283. The standard InChI is InChI=1S/C15H26N4O5S2/c1-26-6-4-9(16)13(21)18-10(8-25)14(22)17-7-12(20)19-5-2-3-11(19)15(23)24/h9-11,25H,2-8,16H2,1H3,(H,17,22)(H,18,21)(H,23,24). The van der Waals surface area contributed by atoms with Crippen LogP contribution in [-0.4, -0.2) is 82.7 Å². The minimum Gasteiger partial charge on any atom is -0.480 e. The van der Waals surface area contributed by atoms with Crippen molar-refractivity contribution >= 4 is 48.1 Å². The highest BCUT2D eigenvalue weighted by Gasteiger charge is 2.34. The van der Waals surface area contributed by atoms with Gasteiger partial charge in [-0.15, -0.1) is 0 Å². The van der Waals surface area contributed by atoms with Crippen LogP contribution in [0.1, 0.15) is 19.3 Å². The van der Waals surface area contributed by atoms with Crippen LogP contribution in [0.15, 0.2) is 0 Å². The van der Waals surface area contributed by atoms with Crippen molar-refractivity contribution in [2.24, 2.45) is 5.73 Å². The molecule has 5 N–H and O–H groups in total. The molecule has 1 aliphatic heterocycles. The van der Waals surface area contributed by atoms with Crippen LogP contribution in [0.5, 0.6) is 0 Å². The Labute approximate surface area is 162 Å². The Morgan fingerprint density at radius 2 is 2.04 bits per heavy atom. The van der Waals surface area contributed by atoms with Gasteiger partial charge in [0.15, 0.2) is 0 Å². The predicted molar refractivity (Wildman–Crippen MR) is 102 cm³/mol. The highest BCUT2D eigenvalue weighted by Crippen LogP contribution is 2.17. The molecule has 148 valence electrons. The number of hydrogen-bond donors (Lipinski definition) is 5. The number of carboxylic acid groups (broad SMARTS) is 1. The number of thiol groups is 1. The summed E-state index contributed by atoms with van der Waals surface area (Å²) in [5, 5.41) is 14.0. The monoisotopic (exact) mass is 406 g/mol. The Morgan fingerprint density at radius 3 is 2.62 bits per heavy atom. The summed E-state index contributed by atoms with van der Waals surface area (Å²) >= 11 is 5.61. The topological polar surface area (TPSA) is 142 Å². The summed E-state index contributed by atoms with van der Waals surface area (Å²) in [6.45, 7) is 0.0178. The molecule has 0 saturated carbocycles. The van der Waals surface area contributed by atoms with Crippen molar-refractivity contribution in [1.29, 1.82) is 0 Å². The molecule has 3 atom stereocenters. The third kappa shape index (κ3) is 6.69. The molecule has 3 amide bonds. The molecule has 1 aliphatic rings. The van der Waals surface area contributed by atoms with Gasteiger partial charge in [0.1, 0.15) is 12.1 Å². The zero-order chi connectivity index (χ0) is 19.7. The van der Waals surface area contributed by atoms with Gasteiger partial charge in [-0.25, -0.2) is 4.79 Å². The maximum Gasteiger partial charge on any atom is 0.326 e. The van der Waals surface area contributed by atoms with Gasteiger partial charge < -0.3 is 26.4 Å². The largest absolute Gasteiger partial charge is 0.480 e. The molecule has 1 saturated heterocycles. The number of nitrogens with zero attached hydrogens (tertiary/aromatic N) is 1. The average Bonchev–Trinajstić information content (AvgIpc) is 3.11. The third-order valence-corrected chi connectivity index (χ3v) is 5.07. The molecule has 0 aromatic heterocycles. The molecule has 1 rings (SSSR count). The molecule has 0 aromatic carbocycles. The maximum absolute atomic E-state index is 12.2. The first-order valence-corrected chi connectivity index (χ1v) is 10.3. The number of nitrogens with one attached hydrogen (secondary N) is 2. The molecule has 0 bridgehead atoms. The Bertz CT molecular complexity index is 534. The fourth-order valence-electron chi connectivity index (χ4n) is 2.56. The summed E-state index contributed by atoms with van der Waals surface area (Å²) < 4.78 is 0. The molecule has 9 nitrogen and oxygen atoms in total. The number of thioether (sulfide) groups is 1. The molecular weight excluding hydrogens is 380 g/mol. The first-order valence-electron chi connectivity index (χ1n) is 8.27. The van der Waals surface area contributed by atoms with Crippen LogP contribution in [0.25, 0.3) is 0 Å². The van der Waals surface area contributed by atoms with Gasteiger partial charge in [-0.3, -0.25) is 14.4 Å². The first kappa shape index (κ1) is 22.6. The van der Waals surface area contributed by atoms with Crippen LogP contribution in [-0.2, 0) is 19.2 Å². The Kier molecular flexibility index (Phi) is 9.81. The lowest BCUT2D eigenvalue weighted by Gasteiger charge is -2.23. The van der Waals surface area contributed by atoms with Crippen molar-refractivity contribution in [1.82, 2.24) is 15.5 Å². The van der Waals surface area contributed by atoms with E-state index < -0.39 is 41.8 Å². The molecule has 1 fully saturated rings. The van der Waals surface area contributed by atoms with Crippen LogP contribution >= 0.6 is 24.4 Å². The van der Waals surface area contributed by atoms with E-state index >= 15 is 0 Å². The van der Waals surface area contributed by atoms with Crippen molar-refractivity contribution in [2.45, 2.75) is 37.4 Å². The minimum atomic E-state index is -1.05. The predicted octanol–water partition coefficient (Wildman–Crippen LogP) is -1.33.